The highest BCUT2D eigenvalue weighted by molar-refractivity contribution is 7.90. The molecule has 0 saturated heterocycles. The zero-order chi connectivity index (χ0) is 15.1. The van der Waals surface area contributed by atoms with Gasteiger partial charge in [0.25, 0.3) is 0 Å². The molecule has 1 aliphatic carbocycles. The Hall–Kier alpha value is -1.63. The van der Waals surface area contributed by atoms with Crippen LogP contribution in [0.1, 0.15) is 26.7 Å². The van der Waals surface area contributed by atoms with Crippen molar-refractivity contribution in [2.45, 2.75) is 37.1 Å². The van der Waals surface area contributed by atoms with E-state index in [1.165, 1.54) is 12.1 Å². The summed E-state index contributed by atoms with van der Waals surface area (Å²) in [6.07, 6.45) is 3.14. The topological polar surface area (TPSA) is 89.3 Å². The van der Waals surface area contributed by atoms with E-state index in [-0.39, 0.29) is 21.8 Å². The monoisotopic (exact) mass is 298 g/mol. The number of rotatable bonds is 5. The van der Waals surface area contributed by atoms with Crippen molar-refractivity contribution in [2.24, 2.45) is 5.92 Å². The molecule has 0 radical (unpaired) electrons. The number of nitrogens with zero attached hydrogens (tertiary/aromatic N) is 1. The maximum absolute atomic E-state index is 11.7. The lowest BCUT2D eigenvalue weighted by Crippen LogP contribution is -2.33. The molecule has 0 spiro atoms. The molecular weight excluding hydrogens is 280 g/mol. The third-order valence-corrected chi connectivity index (χ3v) is 4.76. The minimum atomic E-state index is -3.64. The van der Waals surface area contributed by atoms with E-state index >= 15 is 0 Å². The summed E-state index contributed by atoms with van der Waals surface area (Å²) < 4.78 is 23.4. The van der Waals surface area contributed by atoms with Crippen LogP contribution in [-0.2, 0) is 9.84 Å². The molecular formula is C13H18N2O4S. The smallest absolute Gasteiger partial charge is 0.310 e. The van der Waals surface area contributed by atoms with Gasteiger partial charge in [-0.1, -0.05) is 6.07 Å². The van der Waals surface area contributed by atoms with Gasteiger partial charge < -0.3 is 5.32 Å². The minimum absolute atomic E-state index is 0.251. The molecule has 1 aromatic carbocycles. The molecule has 0 amide bonds. The Bertz CT molecular complexity index is 648. The number of benzene rings is 1. The maximum atomic E-state index is 11.7. The van der Waals surface area contributed by atoms with E-state index in [1.807, 2.05) is 13.8 Å². The maximum Gasteiger partial charge on any atom is 0.310 e. The van der Waals surface area contributed by atoms with E-state index in [1.54, 1.807) is 6.07 Å². The average molecular weight is 298 g/mol. The lowest BCUT2D eigenvalue weighted by Gasteiger charge is -2.27. The summed E-state index contributed by atoms with van der Waals surface area (Å²) in [6, 6.07) is 4.34. The van der Waals surface area contributed by atoms with E-state index in [0.717, 1.165) is 19.1 Å². The van der Waals surface area contributed by atoms with Crippen LogP contribution in [0.3, 0.4) is 0 Å². The van der Waals surface area contributed by atoms with Crippen molar-refractivity contribution < 1.29 is 13.3 Å². The number of nitrogens with one attached hydrogen (secondary N) is 1. The third kappa shape index (κ3) is 2.92. The largest absolute Gasteiger partial charge is 0.374 e. The fourth-order valence-electron chi connectivity index (χ4n) is 2.36. The fourth-order valence-corrected chi connectivity index (χ4v) is 3.23. The molecule has 1 aliphatic rings. The van der Waals surface area contributed by atoms with E-state index in [0.29, 0.717) is 5.92 Å². The first-order valence-electron chi connectivity index (χ1n) is 6.38. The molecule has 0 aliphatic heterocycles. The van der Waals surface area contributed by atoms with Gasteiger partial charge in [0, 0.05) is 11.8 Å². The summed E-state index contributed by atoms with van der Waals surface area (Å²) >= 11 is 0. The molecule has 2 rings (SSSR count). The number of para-hydroxylation sites is 1. The number of hydrogen-bond donors (Lipinski definition) is 1. The van der Waals surface area contributed by atoms with Crippen LogP contribution in [0.25, 0.3) is 0 Å². The molecule has 0 heterocycles. The van der Waals surface area contributed by atoms with E-state index in [2.05, 4.69) is 5.32 Å². The van der Waals surface area contributed by atoms with Crippen LogP contribution in [-0.4, -0.2) is 25.1 Å². The molecule has 6 nitrogen and oxygen atoms in total. The number of sulfone groups is 1. The highest BCUT2D eigenvalue weighted by Gasteiger charge is 2.39. The number of nitro groups is 1. The molecule has 0 unspecified atom stereocenters. The number of anilines is 1. The van der Waals surface area contributed by atoms with Gasteiger partial charge >= 0.3 is 5.69 Å². The number of nitro benzene ring substituents is 1. The third-order valence-electron chi connectivity index (χ3n) is 3.64. The van der Waals surface area contributed by atoms with Crippen LogP contribution >= 0.6 is 0 Å². The van der Waals surface area contributed by atoms with Gasteiger partial charge in [0.15, 0.2) is 9.84 Å². The van der Waals surface area contributed by atoms with Crippen LogP contribution in [0.4, 0.5) is 11.4 Å². The molecule has 20 heavy (non-hydrogen) atoms. The quantitative estimate of drug-likeness (QED) is 0.666. The summed E-state index contributed by atoms with van der Waals surface area (Å²) in [5, 5.41) is 14.4. The van der Waals surface area contributed by atoms with Crippen molar-refractivity contribution in [3.63, 3.8) is 0 Å². The van der Waals surface area contributed by atoms with E-state index < -0.39 is 14.8 Å². The zero-order valence-electron chi connectivity index (χ0n) is 11.7. The first-order chi connectivity index (χ1) is 9.13. The second-order valence-corrected chi connectivity index (χ2v) is 7.79. The predicted molar refractivity (Wildman–Crippen MR) is 76.6 cm³/mol. The first kappa shape index (κ1) is 14.8. The lowest BCUT2D eigenvalue weighted by atomic mass is 9.98. The average Bonchev–Trinajstić information content (AvgIpc) is 3.10. The Morgan fingerprint density at radius 2 is 1.95 bits per heavy atom. The van der Waals surface area contributed by atoms with Gasteiger partial charge in [0.1, 0.15) is 10.6 Å². The van der Waals surface area contributed by atoms with Crippen LogP contribution in [0, 0.1) is 16.0 Å². The Labute approximate surface area is 118 Å². The normalized spacial score (nSPS) is 15.9. The van der Waals surface area contributed by atoms with E-state index in [9.17, 15) is 18.5 Å². The number of hydrogen-bond acceptors (Lipinski definition) is 5. The standard InChI is InChI=1S/C13H18N2O4S/c1-13(2,9-7-8-9)14-10-5-4-6-11(20(3,18)19)12(10)15(16)17/h4-6,9,14H,7-8H2,1-3H3. The molecule has 0 aromatic heterocycles. The van der Waals surface area contributed by atoms with Gasteiger partial charge in [0.05, 0.1) is 4.92 Å². The van der Waals surface area contributed by atoms with Crippen molar-refractivity contribution in [1.82, 2.24) is 0 Å². The van der Waals surface area contributed by atoms with Crippen molar-refractivity contribution >= 4 is 21.2 Å². The summed E-state index contributed by atoms with van der Waals surface area (Å²) in [4.78, 5) is 10.4. The van der Waals surface area contributed by atoms with Gasteiger partial charge in [-0.2, -0.15) is 0 Å². The van der Waals surface area contributed by atoms with Crippen molar-refractivity contribution in [1.29, 1.82) is 0 Å². The molecule has 0 bridgehead atoms. The molecule has 0 atom stereocenters. The molecule has 1 aromatic rings. The van der Waals surface area contributed by atoms with Gasteiger partial charge in [-0.15, -0.1) is 0 Å². The van der Waals surface area contributed by atoms with Crippen molar-refractivity contribution in [3.8, 4) is 0 Å². The van der Waals surface area contributed by atoms with Crippen LogP contribution in [0.15, 0.2) is 23.1 Å². The minimum Gasteiger partial charge on any atom is -0.374 e. The molecule has 1 N–H and O–H groups in total. The summed E-state index contributed by atoms with van der Waals surface area (Å²) in [7, 11) is -3.64. The molecule has 1 fully saturated rings. The molecule has 7 heteroatoms. The van der Waals surface area contributed by atoms with Crippen molar-refractivity contribution in [2.75, 3.05) is 11.6 Å². The van der Waals surface area contributed by atoms with E-state index in [4.69, 9.17) is 0 Å². The summed E-state index contributed by atoms with van der Waals surface area (Å²) in [5.41, 5.74) is -0.403. The Kier molecular flexibility index (Phi) is 3.49. The Morgan fingerprint density at radius 1 is 1.35 bits per heavy atom. The van der Waals surface area contributed by atoms with Gasteiger partial charge in [-0.3, -0.25) is 10.1 Å². The fraction of sp³-hybridized carbons (Fsp3) is 0.538. The highest BCUT2D eigenvalue weighted by Crippen LogP contribution is 2.43. The van der Waals surface area contributed by atoms with Crippen molar-refractivity contribution in [3.05, 3.63) is 28.3 Å². The predicted octanol–water partition coefficient (Wildman–Crippen LogP) is 2.60. The van der Waals surface area contributed by atoms with Gasteiger partial charge in [-0.25, -0.2) is 8.42 Å². The lowest BCUT2D eigenvalue weighted by molar-refractivity contribution is -0.386. The van der Waals surface area contributed by atoms with Crippen LogP contribution < -0.4 is 5.32 Å². The molecule has 110 valence electrons. The second-order valence-electron chi connectivity index (χ2n) is 5.80. The van der Waals surface area contributed by atoms with Crippen LogP contribution in [0.5, 0.6) is 0 Å². The molecule has 1 saturated carbocycles. The van der Waals surface area contributed by atoms with Gasteiger partial charge in [-0.05, 0) is 44.7 Å². The highest BCUT2D eigenvalue weighted by atomic mass is 32.2. The summed E-state index contributed by atoms with van der Waals surface area (Å²) in [5.74, 6) is 0.462. The second kappa shape index (κ2) is 4.73. The zero-order valence-corrected chi connectivity index (χ0v) is 12.5. The first-order valence-corrected chi connectivity index (χ1v) is 8.28. The summed E-state index contributed by atoms with van der Waals surface area (Å²) in [6.45, 7) is 3.95. The van der Waals surface area contributed by atoms with Crippen LogP contribution in [0.2, 0.25) is 0 Å². The van der Waals surface area contributed by atoms with Gasteiger partial charge in [0.2, 0.25) is 0 Å². The Morgan fingerprint density at radius 3 is 2.40 bits per heavy atom. The Balaban J connectivity index is 2.50. The SMILES string of the molecule is CC(C)(Nc1cccc(S(C)(=O)=O)c1[N+](=O)[O-])C1CC1.